The standard InChI is InChI=1S/C7H13NO5/c1-8-4-2-3(9)5(10)6(13-4)7(11)12/h3-6,8-10H,2H2,1H3,(H,11,12). The number of aliphatic hydroxyl groups excluding tert-OH is 2. The summed E-state index contributed by atoms with van der Waals surface area (Å²) in [6, 6.07) is 0. The van der Waals surface area contributed by atoms with Crippen LogP contribution in [0.25, 0.3) is 0 Å². The Balaban J connectivity index is 2.66. The number of hydrogen-bond acceptors (Lipinski definition) is 5. The summed E-state index contributed by atoms with van der Waals surface area (Å²) in [6.07, 6.45) is -4.13. The van der Waals surface area contributed by atoms with Crippen molar-refractivity contribution in [1.29, 1.82) is 0 Å². The highest BCUT2D eigenvalue weighted by Crippen LogP contribution is 2.18. The number of aliphatic hydroxyl groups is 2. The minimum Gasteiger partial charge on any atom is -0.479 e. The van der Waals surface area contributed by atoms with Gasteiger partial charge in [-0.1, -0.05) is 0 Å². The van der Waals surface area contributed by atoms with Crippen LogP contribution in [-0.4, -0.2) is 52.9 Å². The summed E-state index contributed by atoms with van der Waals surface area (Å²) in [5.41, 5.74) is 0. The summed E-state index contributed by atoms with van der Waals surface area (Å²) in [5, 5.41) is 29.8. The van der Waals surface area contributed by atoms with Gasteiger partial charge < -0.3 is 20.1 Å². The Bertz CT molecular complexity index is 197. The van der Waals surface area contributed by atoms with Gasteiger partial charge in [0.05, 0.1) is 6.10 Å². The fraction of sp³-hybridized carbons (Fsp3) is 0.857. The number of rotatable bonds is 2. The normalized spacial score (nSPS) is 40.2. The van der Waals surface area contributed by atoms with Gasteiger partial charge in [0.15, 0.2) is 6.10 Å². The lowest BCUT2D eigenvalue weighted by molar-refractivity contribution is -0.196. The predicted octanol–water partition coefficient (Wildman–Crippen LogP) is -1.87. The van der Waals surface area contributed by atoms with Crippen LogP contribution in [0.1, 0.15) is 6.42 Å². The molecule has 6 heteroatoms. The first-order chi connectivity index (χ1) is 6.06. The number of hydrogen-bond donors (Lipinski definition) is 4. The van der Waals surface area contributed by atoms with E-state index in [-0.39, 0.29) is 6.42 Å². The van der Waals surface area contributed by atoms with Gasteiger partial charge in [0.1, 0.15) is 12.3 Å². The highest BCUT2D eigenvalue weighted by Gasteiger charge is 2.40. The number of carboxylic acid groups (broad SMARTS) is 1. The monoisotopic (exact) mass is 191 g/mol. The van der Waals surface area contributed by atoms with E-state index in [1.54, 1.807) is 7.05 Å². The van der Waals surface area contributed by atoms with Crippen molar-refractivity contribution in [3.63, 3.8) is 0 Å². The molecule has 0 amide bonds. The van der Waals surface area contributed by atoms with Crippen molar-refractivity contribution in [1.82, 2.24) is 5.32 Å². The summed E-state index contributed by atoms with van der Waals surface area (Å²) in [7, 11) is 1.59. The van der Waals surface area contributed by atoms with Crippen LogP contribution < -0.4 is 5.32 Å². The third-order valence-corrected chi connectivity index (χ3v) is 2.04. The van der Waals surface area contributed by atoms with Crippen molar-refractivity contribution >= 4 is 5.97 Å². The van der Waals surface area contributed by atoms with Gasteiger partial charge in [0.25, 0.3) is 0 Å². The molecule has 13 heavy (non-hydrogen) atoms. The average Bonchev–Trinajstić information content (AvgIpc) is 2.09. The second-order valence-electron chi connectivity index (χ2n) is 2.97. The SMILES string of the molecule is CNC1CC(O)C(O)C(C(=O)O)O1. The van der Waals surface area contributed by atoms with Gasteiger partial charge in [0.2, 0.25) is 0 Å². The van der Waals surface area contributed by atoms with Crippen molar-refractivity contribution in [2.75, 3.05) is 7.05 Å². The quantitative estimate of drug-likeness (QED) is 0.408. The van der Waals surface area contributed by atoms with Gasteiger partial charge in [-0.15, -0.1) is 0 Å². The maximum Gasteiger partial charge on any atom is 0.335 e. The molecule has 1 aliphatic heterocycles. The van der Waals surface area contributed by atoms with E-state index >= 15 is 0 Å². The largest absolute Gasteiger partial charge is 0.479 e. The molecule has 0 saturated carbocycles. The molecule has 0 spiro atoms. The molecule has 1 saturated heterocycles. The number of carboxylic acids is 1. The van der Waals surface area contributed by atoms with Gasteiger partial charge in [0, 0.05) is 6.42 Å². The first-order valence-corrected chi connectivity index (χ1v) is 3.98. The third kappa shape index (κ3) is 2.16. The zero-order valence-electron chi connectivity index (χ0n) is 7.17. The van der Waals surface area contributed by atoms with E-state index in [0.717, 1.165) is 0 Å². The molecule has 1 rings (SSSR count). The van der Waals surface area contributed by atoms with Gasteiger partial charge in [-0.2, -0.15) is 0 Å². The van der Waals surface area contributed by atoms with Crippen molar-refractivity contribution in [3.8, 4) is 0 Å². The molecule has 4 unspecified atom stereocenters. The minimum absolute atomic E-state index is 0.182. The molecule has 0 aromatic carbocycles. The zero-order valence-corrected chi connectivity index (χ0v) is 7.17. The molecule has 76 valence electrons. The van der Waals surface area contributed by atoms with Crippen molar-refractivity contribution in [3.05, 3.63) is 0 Å². The van der Waals surface area contributed by atoms with E-state index in [2.05, 4.69) is 5.32 Å². The first-order valence-electron chi connectivity index (χ1n) is 3.98. The molecule has 1 fully saturated rings. The molecule has 1 aliphatic rings. The molecule has 0 radical (unpaired) electrons. The zero-order chi connectivity index (χ0) is 10.0. The Morgan fingerprint density at radius 3 is 2.62 bits per heavy atom. The van der Waals surface area contributed by atoms with E-state index < -0.39 is 30.5 Å². The minimum atomic E-state index is -1.36. The summed E-state index contributed by atoms with van der Waals surface area (Å²) in [5.74, 6) is -1.27. The molecule has 0 aromatic heterocycles. The van der Waals surface area contributed by atoms with E-state index in [1.807, 2.05) is 0 Å². The number of aliphatic carboxylic acids is 1. The van der Waals surface area contributed by atoms with Crippen LogP contribution in [0.5, 0.6) is 0 Å². The number of nitrogens with one attached hydrogen (secondary N) is 1. The second kappa shape index (κ2) is 4.01. The van der Waals surface area contributed by atoms with Crippen LogP contribution in [0.3, 0.4) is 0 Å². The molecule has 4 atom stereocenters. The second-order valence-corrected chi connectivity index (χ2v) is 2.97. The maximum atomic E-state index is 10.5. The lowest BCUT2D eigenvalue weighted by Gasteiger charge is -2.34. The topological polar surface area (TPSA) is 99.0 Å². The van der Waals surface area contributed by atoms with E-state index in [0.29, 0.717) is 0 Å². The third-order valence-electron chi connectivity index (χ3n) is 2.04. The molecule has 6 nitrogen and oxygen atoms in total. The van der Waals surface area contributed by atoms with Crippen molar-refractivity contribution in [2.45, 2.75) is 31.0 Å². The van der Waals surface area contributed by atoms with Crippen LogP contribution in [0, 0.1) is 0 Å². The Hall–Kier alpha value is -0.690. The number of ether oxygens (including phenoxy) is 1. The van der Waals surface area contributed by atoms with Crippen LogP contribution in [0.4, 0.5) is 0 Å². The molecule has 1 heterocycles. The smallest absolute Gasteiger partial charge is 0.335 e. The molecule has 0 bridgehead atoms. The number of carbonyl (C=O) groups is 1. The summed E-state index contributed by atoms with van der Waals surface area (Å²) in [4.78, 5) is 10.5. The molecule has 0 aliphatic carbocycles. The highest BCUT2D eigenvalue weighted by molar-refractivity contribution is 5.73. The Kier molecular flexibility index (Phi) is 3.21. The Morgan fingerprint density at radius 1 is 1.54 bits per heavy atom. The first kappa shape index (κ1) is 10.4. The van der Waals surface area contributed by atoms with Crippen LogP contribution >= 0.6 is 0 Å². The van der Waals surface area contributed by atoms with Crippen LogP contribution in [-0.2, 0) is 9.53 Å². The van der Waals surface area contributed by atoms with E-state index in [1.165, 1.54) is 0 Å². The summed E-state index contributed by atoms with van der Waals surface area (Å²) >= 11 is 0. The van der Waals surface area contributed by atoms with Crippen LogP contribution in [0.2, 0.25) is 0 Å². The molecule has 0 aromatic rings. The van der Waals surface area contributed by atoms with Gasteiger partial charge in [-0.3, -0.25) is 5.32 Å². The fourth-order valence-electron chi connectivity index (χ4n) is 1.26. The lowest BCUT2D eigenvalue weighted by atomic mass is 10.0. The Labute approximate surface area is 75.1 Å². The lowest BCUT2D eigenvalue weighted by Crippen LogP contribution is -2.54. The highest BCUT2D eigenvalue weighted by atomic mass is 16.6. The Morgan fingerprint density at radius 2 is 2.15 bits per heavy atom. The van der Waals surface area contributed by atoms with Crippen molar-refractivity contribution in [2.24, 2.45) is 0 Å². The van der Waals surface area contributed by atoms with Gasteiger partial charge in [-0.05, 0) is 7.05 Å². The molecular weight excluding hydrogens is 178 g/mol. The van der Waals surface area contributed by atoms with E-state index in [9.17, 15) is 15.0 Å². The summed E-state index contributed by atoms with van der Waals surface area (Å²) < 4.78 is 4.96. The predicted molar refractivity (Wildman–Crippen MR) is 42.0 cm³/mol. The molecular formula is C7H13NO5. The molecule has 4 N–H and O–H groups in total. The van der Waals surface area contributed by atoms with E-state index in [4.69, 9.17) is 9.84 Å². The van der Waals surface area contributed by atoms with Gasteiger partial charge in [-0.25, -0.2) is 4.79 Å². The summed E-state index contributed by atoms with van der Waals surface area (Å²) in [6.45, 7) is 0. The van der Waals surface area contributed by atoms with Gasteiger partial charge >= 0.3 is 5.97 Å². The maximum absolute atomic E-state index is 10.5. The van der Waals surface area contributed by atoms with Crippen LogP contribution in [0.15, 0.2) is 0 Å². The fourth-order valence-corrected chi connectivity index (χ4v) is 1.26. The van der Waals surface area contributed by atoms with Crippen molar-refractivity contribution < 1.29 is 24.9 Å². The average molecular weight is 191 g/mol.